The van der Waals surface area contributed by atoms with E-state index in [9.17, 15) is 0 Å². The van der Waals surface area contributed by atoms with Crippen molar-refractivity contribution in [3.8, 4) is 0 Å². The number of hydrogen-bond acceptors (Lipinski definition) is 3. The molecule has 3 rings (SSSR count). The smallest absolute Gasteiger partial charge is 0.154 e. The molecule has 0 spiro atoms. The molecule has 1 aromatic heterocycles. The number of anilines is 2. The van der Waals surface area contributed by atoms with Crippen LogP contribution < -0.4 is 11.1 Å². The fourth-order valence-electron chi connectivity index (χ4n) is 2.47. The van der Waals surface area contributed by atoms with Crippen molar-refractivity contribution >= 4 is 33.9 Å². The molecule has 0 saturated carbocycles. The lowest BCUT2D eigenvalue weighted by Gasteiger charge is -2.13. The summed E-state index contributed by atoms with van der Waals surface area (Å²) in [6.07, 6.45) is 1.05. The fourth-order valence-corrected chi connectivity index (χ4v) is 2.66. The number of para-hydroxylation sites is 1. The summed E-state index contributed by atoms with van der Waals surface area (Å²) >= 11 is 6.14. The lowest BCUT2D eigenvalue weighted by molar-refractivity contribution is 1.11. The van der Waals surface area contributed by atoms with Crippen molar-refractivity contribution in [3.05, 3.63) is 64.8 Å². The molecule has 0 aliphatic heterocycles. The summed E-state index contributed by atoms with van der Waals surface area (Å²) in [6, 6.07) is 16.4. The zero-order valence-corrected chi connectivity index (χ0v) is 13.2. The second-order valence-corrected chi connectivity index (χ2v) is 5.59. The van der Waals surface area contributed by atoms with E-state index in [0.717, 1.165) is 23.0 Å². The Morgan fingerprint density at radius 2 is 1.73 bits per heavy atom. The molecule has 3 N–H and O–H groups in total. The van der Waals surface area contributed by atoms with Crippen LogP contribution in [-0.4, -0.2) is 4.98 Å². The lowest BCUT2D eigenvalue weighted by atomic mass is 10.1. The van der Waals surface area contributed by atoms with Gasteiger partial charge in [-0.05, 0) is 23.6 Å². The van der Waals surface area contributed by atoms with Gasteiger partial charge < -0.3 is 11.1 Å². The maximum Gasteiger partial charge on any atom is 0.154 e. The van der Waals surface area contributed by atoms with Gasteiger partial charge in [0.1, 0.15) is 0 Å². The first-order valence-corrected chi connectivity index (χ1v) is 7.72. The summed E-state index contributed by atoms with van der Waals surface area (Å²) < 4.78 is 0. The van der Waals surface area contributed by atoms with Crippen LogP contribution in [0.25, 0.3) is 10.9 Å². The van der Waals surface area contributed by atoms with Crippen LogP contribution in [0.2, 0.25) is 5.15 Å². The minimum atomic E-state index is 0.336. The zero-order chi connectivity index (χ0) is 15.5. The zero-order valence-electron chi connectivity index (χ0n) is 12.4. The first-order chi connectivity index (χ1) is 10.7. The monoisotopic (exact) mass is 311 g/mol. The molecule has 0 aliphatic rings. The molecule has 0 unspecified atom stereocenters. The van der Waals surface area contributed by atoms with E-state index in [1.54, 1.807) is 0 Å². The number of hydrogen-bond donors (Lipinski definition) is 2. The van der Waals surface area contributed by atoms with Gasteiger partial charge in [-0.2, -0.15) is 0 Å². The Balaban J connectivity index is 1.91. The molecular formula is C18H18ClN3. The van der Waals surface area contributed by atoms with Crippen molar-refractivity contribution in [2.75, 3.05) is 11.1 Å². The number of nitrogens with two attached hydrogens (primary N) is 1. The second-order valence-electron chi connectivity index (χ2n) is 5.23. The van der Waals surface area contributed by atoms with Crippen molar-refractivity contribution in [2.24, 2.45) is 0 Å². The third-order valence-electron chi connectivity index (χ3n) is 3.78. The number of aryl methyl sites for hydroxylation is 1. The van der Waals surface area contributed by atoms with Gasteiger partial charge in [0.15, 0.2) is 5.15 Å². The quantitative estimate of drug-likeness (QED) is 0.690. The maximum atomic E-state index is 6.14. The van der Waals surface area contributed by atoms with Crippen molar-refractivity contribution in [1.29, 1.82) is 0 Å². The number of rotatable bonds is 4. The van der Waals surface area contributed by atoms with Gasteiger partial charge in [0.25, 0.3) is 0 Å². The van der Waals surface area contributed by atoms with Crippen molar-refractivity contribution < 1.29 is 0 Å². The van der Waals surface area contributed by atoms with Gasteiger partial charge in [-0.25, -0.2) is 4.98 Å². The highest BCUT2D eigenvalue weighted by Gasteiger charge is 2.10. The van der Waals surface area contributed by atoms with Crippen LogP contribution in [0.15, 0.2) is 48.5 Å². The number of pyridine rings is 1. The van der Waals surface area contributed by atoms with Crippen LogP contribution in [0.5, 0.6) is 0 Å². The highest BCUT2D eigenvalue weighted by atomic mass is 35.5. The summed E-state index contributed by atoms with van der Waals surface area (Å²) in [5.41, 5.74) is 10.8. The van der Waals surface area contributed by atoms with Gasteiger partial charge >= 0.3 is 0 Å². The van der Waals surface area contributed by atoms with Crippen molar-refractivity contribution in [1.82, 2.24) is 4.98 Å². The average molecular weight is 312 g/mol. The minimum absolute atomic E-state index is 0.336. The SMILES string of the molecule is CCc1ccc(CNc2c(N)c(Cl)nc3ccccc23)cc1. The number of halogens is 1. The maximum absolute atomic E-state index is 6.14. The van der Waals surface area contributed by atoms with Gasteiger partial charge in [-0.15, -0.1) is 0 Å². The Morgan fingerprint density at radius 1 is 1.05 bits per heavy atom. The van der Waals surface area contributed by atoms with Gasteiger partial charge in [0.2, 0.25) is 0 Å². The van der Waals surface area contributed by atoms with E-state index in [1.165, 1.54) is 11.1 Å². The third kappa shape index (κ3) is 2.85. The summed E-state index contributed by atoms with van der Waals surface area (Å²) in [4.78, 5) is 4.31. The molecule has 112 valence electrons. The summed E-state index contributed by atoms with van der Waals surface area (Å²) in [6.45, 7) is 2.84. The Kier molecular flexibility index (Phi) is 4.16. The molecule has 0 atom stereocenters. The molecule has 0 saturated heterocycles. The van der Waals surface area contributed by atoms with Gasteiger partial charge in [0.05, 0.1) is 16.9 Å². The molecule has 0 bridgehead atoms. The molecular weight excluding hydrogens is 294 g/mol. The molecule has 22 heavy (non-hydrogen) atoms. The summed E-state index contributed by atoms with van der Waals surface area (Å²) in [5.74, 6) is 0. The molecule has 0 fully saturated rings. The molecule has 1 heterocycles. The van der Waals surface area contributed by atoms with Crippen LogP contribution in [0, 0.1) is 0 Å². The number of nitrogens with one attached hydrogen (secondary N) is 1. The van der Waals surface area contributed by atoms with E-state index in [-0.39, 0.29) is 0 Å². The van der Waals surface area contributed by atoms with E-state index < -0.39 is 0 Å². The van der Waals surface area contributed by atoms with Crippen LogP contribution >= 0.6 is 11.6 Å². The van der Waals surface area contributed by atoms with E-state index in [0.29, 0.717) is 17.4 Å². The number of fused-ring (bicyclic) bond motifs is 1. The molecule has 0 aliphatic carbocycles. The highest BCUT2D eigenvalue weighted by Crippen LogP contribution is 2.33. The predicted molar refractivity (Wildman–Crippen MR) is 94.3 cm³/mol. The topological polar surface area (TPSA) is 50.9 Å². The Labute approximate surface area is 135 Å². The van der Waals surface area contributed by atoms with Crippen LogP contribution in [0.4, 0.5) is 11.4 Å². The number of aromatic nitrogens is 1. The minimum Gasteiger partial charge on any atom is -0.395 e. The number of nitrogens with zero attached hydrogens (tertiary/aromatic N) is 1. The van der Waals surface area contributed by atoms with E-state index in [1.807, 2.05) is 24.3 Å². The van der Waals surface area contributed by atoms with Crippen LogP contribution in [0.1, 0.15) is 18.1 Å². The first-order valence-electron chi connectivity index (χ1n) is 7.34. The van der Waals surface area contributed by atoms with Gasteiger partial charge in [-0.3, -0.25) is 0 Å². The van der Waals surface area contributed by atoms with Crippen molar-refractivity contribution in [3.63, 3.8) is 0 Å². The fraction of sp³-hybridized carbons (Fsp3) is 0.167. The number of nitrogen functional groups attached to an aromatic ring is 1. The highest BCUT2D eigenvalue weighted by molar-refractivity contribution is 6.33. The molecule has 0 radical (unpaired) electrons. The van der Waals surface area contributed by atoms with E-state index >= 15 is 0 Å². The molecule has 3 nitrogen and oxygen atoms in total. The molecule has 2 aromatic carbocycles. The van der Waals surface area contributed by atoms with Crippen LogP contribution in [0.3, 0.4) is 0 Å². The van der Waals surface area contributed by atoms with E-state index in [2.05, 4.69) is 41.5 Å². The normalized spacial score (nSPS) is 10.8. The Morgan fingerprint density at radius 3 is 2.45 bits per heavy atom. The van der Waals surface area contributed by atoms with Crippen molar-refractivity contribution in [2.45, 2.75) is 19.9 Å². The summed E-state index contributed by atoms with van der Waals surface area (Å²) in [5, 5.41) is 4.72. The number of benzene rings is 2. The second kappa shape index (κ2) is 6.24. The standard InChI is InChI=1S/C18H18ClN3/c1-2-12-7-9-13(10-8-12)11-21-17-14-5-3-4-6-15(14)22-18(19)16(17)20/h3-10H,2,11,20H2,1H3,(H,21,22). The van der Waals surface area contributed by atoms with Crippen LogP contribution in [-0.2, 0) is 13.0 Å². The van der Waals surface area contributed by atoms with Gasteiger partial charge in [0, 0.05) is 11.9 Å². The molecule has 3 aromatic rings. The largest absolute Gasteiger partial charge is 0.395 e. The van der Waals surface area contributed by atoms with E-state index in [4.69, 9.17) is 17.3 Å². The lowest BCUT2D eigenvalue weighted by Crippen LogP contribution is -2.05. The molecule has 0 amide bonds. The van der Waals surface area contributed by atoms with Gasteiger partial charge in [-0.1, -0.05) is 61.0 Å². The Bertz CT molecular complexity index is 797. The molecule has 4 heteroatoms. The average Bonchev–Trinajstić information content (AvgIpc) is 2.56. The Hall–Kier alpha value is -2.26. The predicted octanol–water partition coefficient (Wildman–Crippen LogP) is 4.64. The first kappa shape index (κ1) is 14.7. The summed E-state index contributed by atoms with van der Waals surface area (Å²) in [7, 11) is 0. The third-order valence-corrected chi connectivity index (χ3v) is 4.07.